The Kier molecular flexibility index (Phi) is 5.36. The molecule has 2 atom stereocenters. The number of carbonyl (C=O) groups is 1. The molecule has 1 fully saturated rings. The number of rotatable bonds is 5. The maximum Gasteiger partial charge on any atom is 0.302 e. The molecule has 1 saturated carbocycles. The molecule has 0 amide bonds. The fraction of sp³-hybridized carbons (Fsp3) is 0.478. The zero-order valence-corrected chi connectivity index (χ0v) is 16.5. The molecule has 0 bridgehead atoms. The van der Waals surface area contributed by atoms with Gasteiger partial charge >= 0.3 is 5.97 Å². The number of imidazole rings is 1. The van der Waals surface area contributed by atoms with Crippen LogP contribution < -0.4 is 0 Å². The van der Waals surface area contributed by atoms with Gasteiger partial charge in [-0.3, -0.25) is 4.79 Å². The van der Waals surface area contributed by atoms with Gasteiger partial charge in [0.15, 0.2) is 0 Å². The Morgan fingerprint density at radius 3 is 2.64 bits per heavy atom. The third-order valence-electron chi connectivity index (χ3n) is 6.27. The minimum atomic E-state index is -0.386. The van der Waals surface area contributed by atoms with Crippen LogP contribution in [0.2, 0.25) is 0 Å². The van der Waals surface area contributed by atoms with Crippen molar-refractivity contribution < 1.29 is 14.6 Å². The predicted octanol–water partition coefficient (Wildman–Crippen LogP) is 4.24. The molecule has 0 spiro atoms. The number of fused-ring (bicyclic) bond motifs is 1. The van der Waals surface area contributed by atoms with Gasteiger partial charge in [0.25, 0.3) is 0 Å². The van der Waals surface area contributed by atoms with E-state index in [4.69, 9.17) is 4.74 Å². The van der Waals surface area contributed by atoms with Crippen molar-refractivity contribution in [1.82, 2.24) is 9.55 Å². The summed E-state index contributed by atoms with van der Waals surface area (Å²) in [6.07, 6.45) is 7.55. The van der Waals surface area contributed by atoms with Crippen LogP contribution in [-0.4, -0.2) is 32.8 Å². The summed E-state index contributed by atoms with van der Waals surface area (Å²) in [7, 11) is 0. The molecule has 2 heterocycles. The highest BCUT2D eigenvalue weighted by Crippen LogP contribution is 2.45. The van der Waals surface area contributed by atoms with E-state index in [1.165, 1.54) is 23.6 Å². The summed E-state index contributed by atoms with van der Waals surface area (Å²) in [5.41, 5.74) is 4.86. The van der Waals surface area contributed by atoms with E-state index in [0.29, 0.717) is 6.42 Å². The number of hydrogen-bond donors (Lipinski definition) is 1. The van der Waals surface area contributed by atoms with Gasteiger partial charge in [0, 0.05) is 6.92 Å². The highest BCUT2D eigenvalue weighted by Gasteiger charge is 2.35. The van der Waals surface area contributed by atoms with E-state index in [2.05, 4.69) is 40.7 Å². The van der Waals surface area contributed by atoms with Crippen LogP contribution in [0.5, 0.6) is 0 Å². The molecule has 1 aromatic carbocycles. The second-order valence-corrected chi connectivity index (χ2v) is 8.06. The molecule has 4 rings (SSSR count). The summed E-state index contributed by atoms with van der Waals surface area (Å²) in [5.74, 6) is 0.0346. The number of esters is 1. The van der Waals surface area contributed by atoms with Crippen LogP contribution in [0.4, 0.5) is 0 Å². The Bertz CT molecular complexity index is 863. The molecule has 5 heteroatoms. The van der Waals surface area contributed by atoms with Gasteiger partial charge in [-0.2, -0.15) is 0 Å². The molecule has 148 valence electrons. The summed E-state index contributed by atoms with van der Waals surface area (Å²) in [4.78, 5) is 15.5. The van der Waals surface area contributed by atoms with Gasteiger partial charge in [0.1, 0.15) is 6.10 Å². The number of benzene rings is 1. The molecular formula is C23H28N2O3. The average molecular weight is 380 g/mol. The van der Waals surface area contributed by atoms with Crippen molar-refractivity contribution in [3.63, 3.8) is 0 Å². The largest absolute Gasteiger partial charge is 0.463 e. The first kappa shape index (κ1) is 18.9. The lowest BCUT2D eigenvalue weighted by Gasteiger charge is -2.32. The van der Waals surface area contributed by atoms with E-state index >= 15 is 0 Å². The first-order valence-electron chi connectivity index (χ1n) is 10.2. The van der Waals surface area contributed by atoms with Crippen molar-refractivity contribution in [2.75, 3.05) is 0 Å². The van der Waals surface area contributed by atoms with E-state index in [-0.39, 0.29) is 30.1 Å². The number of allylic oxidation sites excluding steroid dienone is 2. The van der Waals surface area contributed by atoms with E-state index in [1.54, 1.807) is 0 Å². The van der Waals surface area contributed by atoms with Gasteiger partial charge in [-0.15, -0.1) is 0 Å². The van der Waals surface area contributed by atoms with Gasteiger partial charge in [-0.1, -0.05) is 30.3 Å². The van der Waals surface area contributed by atoms with E-state index < -0.39 is 0 Å². The number of aliphatic hydroxyl groups is 1. The normalized spacial score (nSPS) is 25.5. The van der Waals surface area contributed by atoms with Crippen LogP contribution in [0.1, 0.15) is 63.3 Å². The minimum Gasteiger partial charge on any atom is -0.463 e. The molecule has 5 nitrogen and oxygen atoms in total. The van der Waals surface area contributed by atoms with Crippen molar-refractivity contribution in [1.29, 1.82) is 0 Å². The van der Waals surface area contributed by atoms with Crippen molar-refractivity contribution >= 4 is 17.1 Å². The number of aliphatic hydroxyl groups excluding tert-OH is 1. The van der Waals surface area contributed by atoms with Crippen molar-refractivity contribution in [3.05, 3.63) is 54.1 Å². The number of hydrogen-bond acceptors (Lipinski definition) is 4. The second kappa shape index (κ2) is 7.92. The molecule has 0 radical (unpaired) electrons. The average Bonchev–Trinajstić information content (AvgIpc) is 3.26. The summed E-state index contributed by atoms with van der Waals surface area (Å²) in [5, 5.41) is 11.1. The van der Waals surface area contributed by atoms with Crippen molar-refractivity contribution in [2.45, 2.75) is 64.2 Å². The molecule has 2 aliphatic rings. The Labute approximate surface area is 166 Å². The molecular weight excluding hydrogens is 352 g/mol. The molecule has 1 N–H and O–H groups in total. The Morgan fingerprint density at radius 1 is 1.25 bits per heavy atom. The van der Waals surface area contributed by atoms with Crippen LogP contribution in [0, 0.1) is 5.92 Å². The molecule has 0 saturated heterocycles. The van der Waals surface area contributed by atoms with Crippen LogP contribution in [0.3, 0.4) is 0 Å². The van der Waals surface area contributed by atoms with Crippen LogP contribution in [0.15, 0.2) is 42.9 Å². The summed E-state index contributed by atoms with van der Waals surface area (Å²) in [6, 6.07) is 10.5. The van der Waals surface area contributed by atoms with Gasteiger partial charge in [0.05, 0.1) is 30.4 Å². The lowest BCUT2D eigenvalue weighted by Crippen LogP contribution is -2.31. The second-order valence-electron chi connectivity index (χ2n) is 8.06. The highest BCUT2D eigenvalue weighted by atomic mass is 16.5. The molecule has 1 aliphatic carbocycles. The maximum absolute atomic E-state index is 11.2. The lowest BCUT2D eigenvalue weighted by molar-refractivity contribution is -0.148. The summed E-state index contributed by atoms with van der Waals surface area (Å²) < 4.78 is 7.54. The van der Waals surface area contributed by atoms with Crippen LogP contribution >= 0.6 is 0 Å². The third kappa shape index (κ3) is 3.63. The highest BCUT2D eigenvalue weighted by molar-refractivity contribution is 5.93. The standard InChI is InChI=1S/C23H28N2O3/c1-15-21-13-24-14-25(21)20(23(15)18-6-4-3-5-7-18)12-22(27)17-8-10-19(11-9-17)28-16(2)26/h3-7,13-14,17,19-20,22,27H,8-12H2,1-2H3. The van der Waals surface area contributed by atoms with Gasteiger partial charge in [-0.05, 0) is 61.7 Å². The molecule has 1 aromatic heterocycles. The smallest absolute Gasteiger partial charge is 0.302 e. The number of ether oxygens (including phenoxy) is 1. The van der Waals surface area contributed by atoms with Crippen molar-refractivity contribution in [2.24, 2.45) is 5.92 Å². The monoisotopic (exact) mass is 380 g/mol. The zero-order chi connectivity index (χ0) is 19.7. The van der Waals surface area contributed by atoms with E-state index in [0.717, 1.165) is 31.4 Å². The third-order valence-corrected chi connectivity index (χ3v) is 6.27. The lowest BCUT2D eigenvalue weighted by atomic mass is 9.80. The quantitative estimate of drug-likeness (QED) is 0.788. The van der Waals surface area contributed by atoms with E-state index in [1.807, 2.05) is 18.6 Å². The zero-order valence-electron chi connectivity index (χ0n) is 16.5. The first-order chi connectivity index (χ1) is 13.5. The maximum atomic E-state index is 11.2. The van der Waals surface area contributed by atoms with Crippen LogP contribution in [-0.2, 0) is 9.53 Å². The fourth-order valence-electron chi connectivity index (χ4n) is 4.88. The fourth-order valence-corrected chi connectivity index (χ4v) is 4.88. The van der Waals surface area contributed by atoms with Crippen molar-refractivity contribution in [3.8, 4) is 0 Å². The topological polar surface area (TPSA) is 64.3 Å². The Morgan fingerprint density at radius 2 is 1.96 bits per heavy atom. The summed E-state index contributed by atoms with van der Waals surface area (Å²) >= 11 is 0. The molecule has 2 aromatic rings. The molecule has 1 aliphatic heterocycles. The number of aromatic nitrogens is 2. The minimum absolute atomic E-state index is 0.00898. The van der Waals surface area contributed by atoms with Gasteiger partial charge < -0.3 is 14.4 Å². The van der Waals surface area contributed by atoms with E-state index in [9.17, 15) is 9.90 Å². The first-order valence-corrected chi connectivity index (χ1v) is 10.2. The SMILES string of the molecule is CC(=O)OC1CCC(C(O)CC2C(c3ccccc3)=C(C)c3cncn32)CC1. The Hall–Kier alpha value is -2.40. The number of nitrogens with zero attached hydrogens (tertiary/aromatic N) is 2. The number of carbonyl (C=O) groups excluding carboxylic acids is 1. The molecule has 28 heavy (non-hydrogen) atoms. The van der Waals surface area contributed by atoms with Gasteiger partial charge in [-0.25, -0.2) is 4.98 Å². The molecule has 2 unspecified atom stereocenters. The Balaban J connectivity index is 1.50. The van der Waals surface area contributed by atoms with Crippen LogP contribution in [0.25, 0.3) is 11.1 Å². The van der Waals surface area contributed by atoms with Gasteiger partial charge in [0.2, 0.25) is 0 Å². The predicted molar refractivity (Wildman–Crippen MR) is 108 cm³/mol. The summed E-state index contributed by atoms with van der Waals surface area (Å²) in [6.45, 7) is 3.61.